The van der Waals surface area contributed by atoms with Crippen molar-refractivity contribution in [2.45, 2.75) is 32.4 Å². The second-order valence-electron chi connectivity index (χ2n) is 4.42. The lowest BCUT2D eigenvalue weighted by atomic mass is 10.2. The van der Waals surface area contributed by atoms with Crippen LogP contribution in [0.2, 0.25) is 0 Å². The highest BCUT2D eigenvalue weighted by Crippen LogP contribution is 2.07. The normalized spacial score (nSPS) is 12.7. The number of nitrogens with two attached hydrogens (primary N) is 1. The van der Waals surface area contributed by atoms with E-state index in [0.29, 0.717) is 11.5 Å². The molecule has 0 aromatic rings. The van der Waals surface area contributed by atoms with E-state index in [1.807, 2.05) is 0 Å². The van der Waals surface area contributed by atoms with Crippen molar-refractivity contribution in [2.24, 2.45) is 5.73 Å². The van der Waals surface area contributed by atoms with Crippen molar-refractivity contribution in [1.29, 1.82) is 0 Å². The Morgan fingerprint density at radius 1 is 1.53 bits per heavy atom. The fourth-order valence-corrected chi connectivity index (χ4v) is 1.56. The number of rotatable bonds is 5. The zero-order chi connectivity index (χ0) is 13.5. The van der Waals surface area contributed by atoms with Crippen molar-refractivity contribution in [1.82, 2.24) is 5.32 Å². The van der Waals surface area contributed by atoms with Gasteiger partial charge in [0.15, 0.2) is 0 Å². The lowest BCUT2D eigenvalue weighted by Crippen LogP contribution is -2.46. The second kappa shape index (κ2) is 7.34. The van der Waals surface area contributed by atoms with Crippen molar-refractivity contribution < 1.29 is 14.3 Å². The van der Waals surface area contributed by atoms with Crippen LogP contribution >= 0.6 is 11.8 Å². The number of imide groups is 1. The molecular formula is C11H20N2O3S. The van der Waals surface area contributed by atoms with Crippen LogP contribution in [0.1, 0.15) is 20.8 Å². The summed E-state index contributed by atoms with van der Waals surface area (Å²) in [5.41, 5.74) is 4.96. The molecular weight excluding hydrogens is 240 g/mol. The zero-order valence-corrected chi connectivity index (χ0v) is 11.3. The number of hydrogen-bond donors (Lipinski definition) is 2. The monoisotopic (exact) mass is 260 g/mol. The van der Waals surface area contributed by atoms with Crippen LogP contribution in [0.3, 0.4) is 0 Å². The standard InChI is InChI=1S/C11H20N2O3S/c1-5-6-17-7-8(12)9(14)13-10(15)16-11(2,3)4/h5,8H,1,6-7,12H2,2-4H3,(H,13,14,15)/t8-/m0/s1. The van der Waals surface area contributed by atoms with Crippen LogP contribution < -0.4 is 11.1 Å². The van der Waals surface area contributed by atoms with Gasteiger partial charge in [0.05, 0.1) is 6.04 Å². The Bertz CT molecular complexity index is 287. The number of alkyl carbamates (subject to hydrolysis) is 1. The third-order valence-electron chi connectivity index (χ3n) is 1.49. The van der Waals surface area contributed by atoms with Gasteiger partial charge in [0.25, 0.3) is 0 Å². The van der Waals surface area contributed by atoms with E-state index in [1.54, 1.807) is 26.8 Å². The highest BCUT2D eigenvalue weighted by atomic mass is 32.2. The molecule has 0 aromatic heterocycles. The van der Waals surface area contributed by atoms with Crippen molar-refractivity contribution in [3.63, 3.8) is 0 Å². The Kier molecular flexibility index (Phi) is 6.91. The van der Waals surface area contributed by atoms with Crippen LogP contribution in [0, 0.1) is 0 Å². The first kappa shape index (κ1) is 16.0. The minimum atomic E-state index is -0.772. The molecule has 0 rings (SSSR count). The van der Waals surface area contributed by atoms with Crippen LogP contribution in [-0.2, 0) is 9.53 Å². The van der Waals surface area contributed by atoms with Gasteiger partial charge in [-0.3, -0.25) is 10.1 Å². The zero-order valence-electron chi connectivity index (χ0n) is 10.5. The predicted octanol–water partition coefficient (Wildman–Crippen LogP) is 1.28. The van der Waals surface area contributed by atoms with Crippen LogP contribution in [-0.4, -0.2) is 35.1 Å². The number of carbonyl (C=O) groups excluding carboxylic acids is 2. The highest BCUT2D eigenvalue weighted by Gasteiger charge is 2.21. The maximum absolute atomic E-state index is 11.5. The molecule has 0 radical (unpaired) electrons. The Morgan fingerprint density at radius 3 is 2.59 bits per heavy atom. The third kappa shape index (κ3) is 8.76. The van der Waals surface area contributed by atoms with Gasteiger partial charge in [0.1, 0.15) is 5.60 Å². The fraction of sp³-hybridized carbons (Fsp3) is 0.636. The van der Waals surface area contributed by atoms with Gasteiger partial charge in [-0.05, 0) is 20.8 Å². The van der Waals surface area contributed by atoms with E-state index < -0.39 is 23.6 Å². The summed E-state index contributed by atoms with van der Waals surface area (Å²) in [7, 11) is 0. The topological polar surface area (TPSA) is 81.4 Å². The van der Waals surface area contributed by atoms with E-state index in [1.165, 1.54) is 11.8 Å². The molecule has 0 spiro atoms. The van der Waals surface area contributed by atoms with Crippen LogP contribution in [0.5, 0.6) is 0 Å². The summed E-state index contributed by atoms with van der Waals surface area (Å²) in [4.78, 5) is 22.7. The fourth-order valence-electron chi connectivity index (χ4n) is 0.851. The molecule has 0 unspecified atom stereocenters. The Balaban J connectivity index is 3.99. The van der Waals surface area contributed by atoms with E-state index in [0.717, 1.165) is 0 Å². The van der Waals surface area contributed by atoms with Crippen molar-refractivity contribution in [3.8, 4) is 0 Å². The molecule has 0 saturated carbocycles. The number of hydrogen-bond acceptors (Lipinski definition) is 5. The van der Waals surface area contributed by atoms with E-state index in [4.69, 9.17) is 10.5 Å². The summed E-state index contributed by atoms with van der Waals surface area (Å²) in [6, 6.07) is -0.729. The maximum atomic E-state index is 11.5. The van der Waals surface area contributed by atoms with Crippen molar-refractivity contribution in [3.05, 3.63) is 12.7 Å². The first-order valence-corrected chi connectivity index (χ1v) is 6.40. The van der Waals surface area contributed by atoms with E-state index in [9.17, 15) is 9.59 Å². The summed E-state index contributed by atoms with van der Waals surface area (Å²) < 4.78 is 4.93. The van der Waals surface area contributed by atoms with Gasteiger partial charge in [0.2, 0.25) is 5.91 Å². The van der Waals surface area contributed by atoms with Gasteiger partial charge in [-0.2, -0.15) is 11.8 Å². The van der Waals surface area contributed by atoms with Gasteiger partial charge < -0.3 is 10.5 Å². The number of amides is 2. The molecule has 0 aromatic carbocycles. The van der Waals surface area contributed by atoms with Crippen LogP contribution in [0.4, 0.5) is 4.79 Å². The van der Waals surface area contributed by atoms with Gasteiger partial charge in [-0.25, -0.2) is 4.79 Å². The molecule has 0 aliphatic rings. The lowest BCUT2D eigenvalue weighted by Gasteiger charge is -2.20. The second-order valence-corrected chi connectivity index (χ2v) is 5.50. The molecule has 98 valence electrons. The SMILES string of the molecule is C=CCSC[C@H](N)C(=O)NC(=O)OC(C)(C)C. The summed E-state index contributed by atoms with van der Waals surface area (Å²) in [6.07, 6.45) is 0.954. The Hall–Kier alpha value is -1.01. The molecule has 0 fully saturated rings. The Morgan fingerprint density at radius 2 is 2.12 bits per heavy atom. The van der Waals surface area contributed by atoms with E-state index in [2.05, 4.69) is 11.9 Å². The minimum Gasteiger partial charge on any atom is -0.444 e. The summed E-state index contributed by atoms with van der Waals surface area (Å²) in [6.45, 7) is 8.71. The van der Waals surface area contributed by atoms with Crippen LogP contribution in [0.25, 0.3) is 0 Å². The third-order valence-corrected chi connectivity index (χ3v) is 2.56. The number of carbonyl (C=O) groups is 2. The van der Waals surface area contributed by atoms with Crippen LogP contribution in [0.15, 0.2) is 12.7 Å². The van der Waals surface area contributed by atoms with E-state index >= 15 is 0 Å². The van der Waals surface area contributed by atoms with Crippen molar-refractivity contribution >= 4 is 23.8 Å². The highest BCUT2D eigenvalue weighted by molar-refractivity contribution is 7.99. The first-order valence-electron chi connectivity index (χ1n) is 5.24. The molecule has 3 N–H and O–H groups in total. The molecule has 0 heterocycles. The summed E-state index contributed by atoms with van der Waals surface area (Å²) in [5, 5.41) is 2.10. The smallest absolute Gasteiger partial charge is 0.414 e. The number of thioether (sulfide) groups is 1. The van der Waals surface area contributed by atoms with Gasteiger partial charge in [-0.15, -0.1) is 6.58 Å². The maximum Gasteiger partial charge on any atom is 0.414 e. The molecule has 0 aliphatic heterocycles. The van der Waals surface area contributed by atoms with Gasteiger partial charge in [-0.1, -0.05) is 6.08 Å². The van der Waals surface area contributed by atoms with Gasteiger partial charge in [0, 0.05) is 11.5 Å². The number of ether oxygens (including phenoxy) is 1. The molecule has 0 saturated heterocycles. The molecule has 6 heteroatoms. The van der Waals surface area contributed by atoms with Gasteiger partial charge >= 0.3 is 6.09 Å². The molecule has 5 nitrogen and oxygen atoms in total. The molecule has 17 heavy (non-hydrogen) atoms. The predicted molar refractivity (Wildman–Crippen MR) is 69.9 cm³/mol. The molecule has 0 bridgehead atoms. The van der Waals surface area contributed by atoms with Crippen molar-refractivity contribution in [2.75, 3.05) is 11.5 Å². The lowest BCUT2D eigenvalue weighted by molar-refractivity contribution is -0.121. The average molecular weight is 260 g/mol. The number of nitrogens with one attached hydrogen (secondary N) is 1. The average Bonchev–Trinajstić information content (AvgIpc) is 2.14. The quantitative estimate of drug-likeness (QED) is 0.575. The molecule has 2 amide bonds. The largest absolute Gasteiger partial charge is 0.444 e. The molecule has 1 atom stereocenters. The summed E-state index contributed by atoms with van der Waals surface area (Å²) in [5.74, 6) is 0.615. The summed E-state index contributed by atoms with van der Waals surface area (Å²) >= 11 is 1.47. The van der Waals surface area contributed by atoms with E-state index in [-0.39, 0.29) is 0 Å². The minimum absolute atomic E-state index is 0.431. The Labute approximate surface area is 106 Å². The molecule has 0 aliphatic carbocycles. The first-order chi connectivity index (χ1) is 7.76.